The van der Waals surface area contributed by atoms with E-state index in [1.807, 2.05) is 29.2 Å². The Morgan fingerprint density at radius 3 is 2.74 bits per heavy atom. The predicted molar refractivity (Wildman–Crippen MR) is 119 cm³/mol. The van der Waals surface area contributed by atoms with E-state index in [0.717, 1.165) is 26.6 Å². The van der Waals surface area contributed by atoms with Crippen LogP contribution in [-0.2, 0) is 6.42 Å². The van der Waals surface area contributed by atoms with Crippen LogP contribution in [-0.4, -0.2) is 25.0 Å². The lowest BCUT2D eigenvalue weighted by molar-refractivity contribution is 0.0974. The highest BCUT2D eigenvalue weighted by Gasteiger charge is 2.30. The van der Waals surface area contributed by atoms with Gasteiger partial charge in [0, 0.05) is 29.0 Å². The van der Waals surface area contributed by atoms with Gasteiger partial charge in [-0.1, -0.05) is 18.2 Å². The third-order valence-corrected chi connectivity index (χ3v) is 7.42. The Hall–Kier alpha value is -3.12. The summed E-state index contributed by atoms with van der Waals surface area (Å²) in [4.78, 5) is 30.0. The molecule has 2 aliphatic heterocycles. The molecular formula is C25H21NO4S. The van der Waals surface area contributed by atoms with Gasteiger partial charge in [-0.05, 0) is 61.1 Å². The van der Waals surface area contributed by atoms with Gasteiger partial charge >= 0.3 is 0 Å². The molecule has 1 fully saturated rings. The van der Waals surface area contributed by atoms with Gasteiger partial charge in [-0.25, -0.2) is 0 Å². The fraction of sp³-hybridized carbons (Fsp3) is 0.280. The second-order valence-electron chi connectivity index (χ2n) is 8.33. The molecule has 6 heteroatoms. The SMILES string of the molecule is O=C(CC1CC1)c1cc2c(s1)-c1ccccc1N(C(=O)c1ccc3c(c1)OCO3)CC2. The highest BCUT2D eigenvalue weighted by molar-refractivity contribution is 7.17. The van der Waals surface area contributed by atoms with Crippen molar-refractivity contribution in [2.75, 3.05) is 18.2 Å². The summed E-state index contributed by atoms with van der Waals surface area (Å²) < 4.78 is 10.8. The number of thiophene rings is 1. The van der Waals surface area contributed by atoms with E-state index in [0.29, 0.717) is 42.4 Å². The lowest BCUT2D eigenvalue weighted by atomic mass is 10.1. The number of carbonyl (C=O) groups is 2. The Bertz CT molecular complexity index is 1210. The number of hydrogen-bond acceptors (Lipinski definition) is 5. The van der Waals surface area contributed by atoms with Crippen LogP contribution in [0, 0.1) is 5.92 Å². The number of nitrogens with zero attached hydrogens (tertiary/aromatic N) is 1. The molecule has 31 heavy (non-hydrogen) atoms. The van der Waals surface area contributed by atoms with E-state index >= 15 is 0 Å². The molecule has 6 rings (SSSR count). The van der Waals surface area contributed by atoms with Crippen molar-refractivity contribution in [2.24, 2.45) is 5.92 Å². The molecule has 0 radical (unpaired) electrons. The summed E-state index contributed by atoms with van der Waals surface area (Å²) >= 11 is 1.57. The zero-order valence-corrected chi connectivity index (χ0v) is 17.7. The van der Waals surface area contributed by atoms with Crippen molar-refractivity contribution in [1.29, 1.82) is 0 Å². The summed E-state index contributed by atoms with van der Waals surface area (Å²) in [5.41, 5.74) is 3.62. The number of ketones is 1. The highest BCUT2D eigenvalue weighted by atomic mass is 32.1. The van der Waals surface area contributed by atoms with E-state index in [4.69, 9.17) is 9.47 Å². The van der Waals surface area contributed by atoms with Crippen LogP contribution in [0.3, 0.4) is 0 Å². The van der Waals surface area contributed by atoms with Gasteiger partial charge in [0.15, 0.2) is 17.3 Å². The Labute approximate surface area is 184 Å². The molecule has 0 bridgehead atoms. The molecule has 156 valence electrons. The average molecular weight is 432 g/mol. The first-order valence-electron chi connectivity index (χ1n) is 10.6. The lowest BCUT2D eigenvalue weighted by Gasteiger charge is -2.23. The van der Waals surface area contributed by atoms with Crippen molar-refractivity contribution in [3.63, 3.8) is 0 Å². The number of ether oxygens (including phenoxy) is 2. The Balaban J connectivity index is 1.36. The Kier molecular flexibility index (Phi) is 4.35. The number of amides is 1. The Morgan fingerprint density at radius 2 is 1.87 bits per heavy atom. The summed E-state index contributed by atoms with van der Waals surface area (Å²) in [5.74, 6) is 2.04. The summed E-state index contributed by atoms with van der Waals surface area (Å²) in [5, 5.41) is 0. The second-order valence-corrected chi connectivity index (χ2v) is 9.38. The molecule has 0 N–H and O–H groups in total. The Morgan fingerprint density at radius 1 is 1.03 bits per heavy atom. The molecule has 3 aromatic rings. The van der Waals surface area contributed by atoms with Crippen LogP contribution in [0.25, 0.3) is 10.4 Å². The van der Waals surface area contributed by atoms with Crippen LogP contribution >= 0.6 is 11.3 Å². The van der Waals surface area contributed by atoms with Gasteiger partial charge in [-0.2, -0.15) is 0 Å². The molecule has 1 aromatic heterocycles. The number of rotatable bonds is 4. The van der Waals surface area contributed by atoms with E-state index < -0.39 is 0 Å². The largest absolute Gasteiger partial charge is 0.454 e. The molecule has 5 nitrogen and oxygen atoms in total. The zero-order chi connectivity index (χ0) is 20.9. The minimum atomic E-state index is -0.0639. The molecular weight excluding hydrogens is 410 g/mol. The standard InChI is InChI=1S/C25H21NO4S/c27-20(11-15-5-6-15)23-13-16-9-10-26(19-4-2-1-3-18(19)24(16)31-23)25(28)17-7-8-21-22(12-17)30-14-29-21/h1-4,7-8,12-13,15H,5-6,9-11,14H2. The van der Waals surface area contributed by atoms with Gasteiger partial charge in [0.2, 0.25) is 6.79 Å². The van der Waals surface area contributed by atoms with Crippen molar-refractivity contribution in [3.05, 3.63) is 64.5 Å². The smallest absolute Gasteiger partial charge is 0.258 e. The average Bonchev–Trinajstić information content (AvgIpc) is 3.34. The van der Waals surface area contributed by atoms with E-state index in [2.05, 4.69) is 6.07 Å². The van der Waals surface area contributed by atoms with Gasteiger partial charge < -0.3 is 14.4 Å². The van der Waals surface area contributed by atoms with E-state index in [9.17, 15) is 9.59 Å². The van der Waals surface area contributed by atoms with Crippen LogP contribution in [0.4, 0.5) is 5.69 Å². The molecule has 1 aliphatic carbocycles. The van der Waals surface area contributed by atoms with Crippen LogP contribution in [0.15, 0.2) is 48.5 Å². The zero-order valence-electron chi connectivity index (χ0n) is 16.9. The van der Waals surface area contributed by atoms with Gasteiger partial charge in [0.1, 0.15) is 0 Å². The van der Waals surface area contributed by atoms with E-state index in [1.54, 1.807) is 29.5 Å². The summed E-state index contributed by atoms with van der Waals surface area (Å²) in [7, 11) is 0. The normalized spacial score (nSPS) is 16.5. The first kappa shape index (κ1) is 18.6. The number of Topliss-reactive ketones (excluding diaryl/α,β-unsaturated/α-hetero) is 1. The molecule has 0 unspecified atom stereocenters. The van der Waals surface area contributed by atoms with Gasteiger partial charge in [-0.15, -0.1) is 11.3 Å². The van der Waals surface area contributed by atoms with Crippen molar-refractivity contribution >= 4 is 28.7 Å². The maximum absolute atomic E-state index is 13.5. The van der Waals surface area contributed by atoms with Crippen LogP contribution in [0.1, 0.15) is 44.9 Å². The number of anilines is 1. The van der Waals surface area contributed by atoms with Crippen molar-refractivity contribution in [3.8, 4) is 21.9 Å². The minimum Gasteiger partial charge on any atom is -0.454 e. The topological polar surface area (TPSA) is 55.8 Å². The molecule has 3 heterocycles. The first-order chi connectivity index (χ1) is 15.2. The quantitative estimate of drug-likeness (QED) is 0.524. The molecule has 2 aromatic carbocycles. The molecule has 3 aliphatic rings. The number of fused-ring (bicyclic) bond motifs is 4. The van der Waals surface area contributed by atoms with Gasteiger partial charge in [0.25, 0.3) is 5.91 Å². The highest BCUT2D eigenvalue weighted by Crippen LogP contribution is 2.43. The molecule has 0 atom stereocenters. The van der Waals surface area contributed by atoms with Crippen LogP contribution in [0.5, 0.6) is 11.5 Å². The molecule has 1 amide bonds. The molecule has 0 saturated heterocycles. The van der Waals surface area contributed by atoms with Crippen LogP contribution in [0.2, 0.25) is 0 Å². The number of carbonyl (C=O) groups excluding carboxylic acids is 2. The fourth-order valence-electron chi connectivity index (χ4n) is 4.31. The third-order valence-electron chi connectivity index (χ3n) is 6.16. The fourth-order valence-corrected chi connectivity index (χ4v) is 5.51. The summed E-state index contributed by atoms with van der Waals surface area (Å²) in [6.45, 7) is 0.742. The summed E-state index contributed by atoms with van der Waals surface area (Å²) in [6, 6.07) is 15.4. The first-order valence-corrected chi connectivity index (χ1v) is 11.5. The van der Waals surface area contributed by atoms with Crippen LogP contribution < -0.4 is 14.4 Å². The molecule has 1 saturated carbocycles. The van der Waals surface area contributed by atoms with Gasteiger partial charge in [0.05, 0.1) is 10.6 Å². The minimum absolute atomic E-state index is 0.0639. The van der Waals surface area contributed by atoms with E-state index in [1.165, 1.54) is 12.8 Å². The predicted octanol–water partition coefficient (Wildman–Crippen LogP) is 5.33. The monoisotopic (exact) mass is 431 g/mol. The van der Waals surface area contributed by atoms with E-state index in [-0.39, 0.29) is 18.5 Å². The number of hydrogen-bond donors (Lipinski definition) is 0. The maximum Gasteiger partial charge on any atom is 0.258 e. The number of benzene rings is 2. The van der Waals surface area contributed by atoms with Gasteiger partial charge in [-0.3, -0.25) is 9.59 Å². The lowest BCUT2D eigenvalue weighted by Crippen LogP contribution is -2.32. The maximum atomic E-state index is 13.5. The second kappa shape index (κ2) is 7.24. The molecule has 0 spiro atoms. The van der Waals surface area contributed by atoms with Crippen molar-refractivity contribution < 1.29 is 19.1 Å². The summed E-state index contributed by atoms with van der Waals surface area (Å²) in [6.07, 6.45) is 3.73. The number of para-hydroxylation sites is 1. The van der Waals surface area contributed by atoms with Crippen molar-refractivity contribution in [1.82, 2.24) is 0 Å². The third kappa shape index (κ3) is 3.31. The van der Waals surface area contributed by atoms with Crippen molar-refractivity contribution in [2.45, 2.75) is 25.7 Å².